The van der Waals surface area contributed by atoms with Crippen LogP contribution in [0.25, 0.3) is 10.9 Å². The van der Waals surface area contributed by atoms with Crippen molar-refractivity contribution in [1.29, 1.82) is 0 Å². The molecule has 2 nitrogen and oxygen atoms in total. The standard InChI is InChI=1S/C7H6N2.BF4/c1-2-4-7-6(3-1)5-8-9-7;2-1(3,4)5/h1-5H,(H,8,9);/q;-1/p+1. The molecule has 0 fully saturated rings. The first-order valence-corrected chi connectivity index (χ1v) is 3.72. The van der Waals surface area contributed by atoms with Crippen molar-refractivity contribution in [3.8, 4) is 0 Å². The molecule has 2 aromatic rings. The van der Waals surface area contributed by atoms with Gasteiger partial charge in [-0.15, -0.1) is 0 Å². The van der Waals surface area contributed by atoms with Gasteiger partial charge in [0.05, 0.1) is 11.7 Å². The van der Waals surface area contributed by atoms with Gasteiger partial charge >= 0.3 is 8.68 Å². The van der Waals surface area contributed by atoms with Gasteiger partial charge in [0.1, 0.15) is 0 Å². The van der Waals surface area contributed by atoms with E-state index in [2.05, 4.69) is 10.2 Å². The topological polar surface area (TPSA) is 28.7 Å². The number of nitrogens with one attached hydrogen (secondary N) is 1. The molecule has 0 amide bonds. The molecule has 76 valence electrons. The molecule has 1 N–H and O–H groups in total. The van der Waals surface area contributed by atoms with Crippen LogP contribution in [0.2, 0.25) is 0 Å². The van der Waals surface area contributed by atoms with Gasteiger partial charge in [-0.05, 0) is 6.07 Å². The molecule has 1 aromatic carbocycles. The number of nitrogens with zero attached hydrogens (tertiary/aromatic N) is 1. The van der Waals surface area contributed by atoms with E-state index in [9.17, 15) is 17.3 Å². The SMILES string of the molecule is F[B-](F)(F)F.[H+].c1ccc2[nH]ncc2c1. The van der Waals surface area contributed by atoms with Crippen molar-refractivity contribution in [2.45, 2.75) is 0 Å². The van der Waals surface area contributed by atoms with Crippen molar-refractivity contribution in [1.82, 2.24) is 10.2 Å². The van der Waals surface area contributed by atoms with E-state index in [-0.39, 0.29) is 1.43 Å². The van der Waals surface area contributed by atoms with E-state index in [1.807, 2.05) is 30.5 Å². The highest BCUT2D eigenvalue weighted by molar-refractivity contribution is 6.50. The first-order valence-electron chi connectivity index (χ1n) is 3.72. The number of H-pyrrole nitrogens is 1. The third kappa shape index (κ3) is 3.93. The number of rotatable bonds is 0. The number of aromatic amines is 1. The number of halogens is 4. The molecule has 0 saturated heterocycles. The Bertz CT molecular complexity index is 367. The minimum Gasteiger partial charge on any atom is -0.418 e. The molecule has 0 aliphatic carbocycles. The second-order valence-corrected chi connectivity index (χ2v) is 2.45. The lowest BCUT2D eigenvalue weighted by Gasteiger charge is -1.94. The van der Waals surface area contributed by atoms with E-state index in [1.54, 1.807) is 0 Å². The van der Waals surface area contributed by atoms with E-state index in [0.717, 1.165) is 10.9 Å². The van der Waals surface area contributed by atoms with Crippen molar-refractivity contribution in [3.05, 3.63) is 30.5 Å². The zero-order valence-electron chi connectivity index (χ0n) is 7.92. The molecule has 2 rings (SSSR count). The third-order valence-electron chi connectivity index (χ3n) is 1.35. The summed E-state index contributed by atoms with van der Waals surface area (Å²) in [6, 6.07) is 8.01. The summed E-state index contributed by atoms with van der Waals surface area (Å²) in [6.45, 7) is 0. The lowest BCUT2D eigenvalue weighted by molar-refractivity contribution is 0.368. The highest BCUT2D eigenvalue weighted by atomic mass is 19.5. The van der Waals surface area contributed by atoms with Crippen LogP contribution >= 0.6 is 0 Å². The fourth-order valence-electron chi connectivity index (χ4n) is 0.883. The number of benzene rings is 1. The van der Waals surface area contributed by atoms with Crippen molar-refractivity contribution < 1.29 is 18.7 Å². The Kier molecular flexibility index (Phi) is 3.11. The predicted octanol–water partition coefficient (Wildman–Crippen LogP) is 2.98. The third-order valence-corrected chi connectivity index (χ3v) is 1.35. The van der Waals surface area contributed by atoms with Gasteiger partial charge in [0, 0.05) is 5.39 Å². The van der Waals surface area contributed by atoms with Crippen LogP contribution in [0.3, 0.4) is 0 Å². The maximum Gasteiger partial charge on any atom is 1.00 e. The molecule has 7 heteroatoms. The molecule has 0 unspecified atom stereocenters. The average molecular weight is 206 g/mol. The van der Waals surface area contributed by atoms with Gasteiger partial charge < -0.3 is 17.3 Å². The van der Waals surface area contributed by atoms with Crippen LogP contribution in [0.1, 0.15) is 1.43 Å². The molecule has 14 heavy (non-hydrogen) atoms. The molecule has 0 bridgehead atoms. The smallest absolute Gasteiger partial charge is 0.418 e. The van der Waals surface area contributed by atoms with Crippen LogP contribution in [0.5, 0.6) is 0 Å². The Balaban J connectivity index is 0.000000289. The number of hydrogen-bond donors (Lipinski definition) is 1. The summed E-state index contributed by atoms with van der Waals surface area (Å²) in [5.74, 6) is 0. The maximum atomic E-state index is 9.75. The van der Waals surface area contributed by atoms with Crippen LogP contribution in [-0.4, -0.2) is 17.5 Å². The fourth-order valence-corrected chi connectivity index (χ4v) is 0.883. The van der Waals surface area contributed by atoms with Gasteiger partial charge in [-0.2, -0.15) is 5.10 Å². The van der Waals surface area contributed by atoms with Gasteiger partial charge in [0.15, 0.2) is 0 Å². The van der Waals surface area contributed by atoms with E-state index < -0.39 is 7.25 Å². The van der Waals surface area contributed by atoms with Gasteiger partial charge in [0.25, 0.3) is 0 Å². The fraction of sp³-hybridized carbons (Fsp3) is 0. The highest BCUT2D eigenvalue weighted by Crippen LogP contribution is 2.07. The van der Waals surface area contributed by atoms with Crippen molar-refractivity contribution in [2.75, 3.05) is 0 Å². The molecule has 0 atom stereocenters. The largest absolute Gasteiger partial charge is 1.00 e. The molecule has 0 radical (unpaired) electrons. The van der Waals surface area contributed by atoms with E-state index in [1.165, 1.54) is 0 Å². The number of fused-ring (bicyclic) bond motifs is 1. The van der Waals surface area contributed by atoms with Crippen LogP contribution in [-0.2, 0) is 0 Å². The maximum absolute atomic E-state index is 9.75. The lowest BCUT2D eigenvalue weighted by Crippen LogP contribution is -2.02. The van der Waals surface area contributed by atoms with E-state index in [0.29, 0.717) is 0 Å². The molecule has 1 aromatic heterocycles. The molecular weight excluding hydrogens is 199 g/mol. The van der Waals surface area contributed by atoms with Gasteiger partial charge in [-0.25, -0.2) is 0 Å². The second-order valence-electron chi connectivity index (χ2n) is 2.45. The van der Waals surface area contributed by atoms with Crippen LogP contribution in [0.15, 0.2) is 30.5 Å². The molecule has 0 aliphatic heterocycles. The monoisotopic (exact) mass is 206 g/mol. The summed E-state index contributed by atoms with van der Waals surface area (Å²) in [5, 5.41) is 7.91. The van der Waals surface area contributed by atoms with E-state index in [4.69, 9.17) is 0 Å². The van der Waals surface area contributed by atoms with Crippen molar-refractivity contribution in [2.24, 2.45) is 0 Å². The summed E-state index contributed by atoms with van der Waals surface area (Å²) in [7, 11) is -6.00. The molecule has 0 spiro atoms. The molecular formula is C7H7BF4N2. The quantitative estimate of drug-likeness (QED) is 0.520. The Morgan fingerprint density at radius 1 is 1.14 bits per heavy atom. The van der Waals surface area contributed by atoms with Crippen LogP contribution in [0, 0.1) is 0 Å². The van der Waals surface area contributed by atoms with Gasteiger partial charge in [0.2, 0.25) is 0 Å². The van der Waals surface area contributed by atoms with Crippen LogP contribution in [0.4, 0.5) is 17.3 Å². The minimum absolute atomic E-state index is 0. The zero-order chi connectivity index (χ0) is 10.6. The van der Waals surface area contributed by atoms with Crippen molar-refractivity contribution >= 4 is 18.2 Å². The Morgan fingerprint density at radius 2 is 1.71 bits per heavy atom. The summed E-state index contributed by atoms with van der Waals surface area (Å²) in [6.07, 6.45) is 1.81. The second kappa shape index (κ2) is 4.12. The predicted molar refractivity (Wildman–Crippen MR) is 47.4 cm³/mol. The summed E-state index contributed by atoms with van der Waals surface area (Å²) in [4.78, 5) is 0. The van der Waals surface area contributed by atoms with Gasteiger partial charge in [-0.1, -0.05) is 18.2 Å². The van der Waals surface area contributed by atoms with E-state index >= 15 is 0 Å². The zero-order valence-corrected chi connectivity index (χ0v) is 6.92. The first kappa shape index (κ1) is 10.6. The Morgan fingerprint density at radius 3 is 2.29 bits per heavy atom. The molecule has 0 saturated carbocycles. The number of para-hydroxylation sites is 1. The van der Waals surface area contributed by atoms with Crippen LogP contribution < -0.4 is 0 Å². The van der Waals surface area contributed by atoms with Gasteiger partial charge in [-0.3, -0.25) is 5.10 Å². The summed E-state index contributed by atoms with van der Waals surface area (Å²) in [5.41, 5.74) is 1.09. The molecule has 0 aliphatic rings. The number of hydrogen-bond acceptors (Lipinski definition) is 1. The lowest BCUT2D eigenvalue weighted by atomic mass is 10.3. The Labute approximate surface area is 78.5 Å². The molecule has 1 heterocycles. The highest BCUT2D eigenvalue weighted by Gasteiger charge is 2.20. The summed E-state index contributed by atoms with van der Waals surface area (Å²) < 4.78 is 39.0. The first-order chi connectivity index (χ1) is 6.47. The number of aromatic nitrogens is 2. The normalized spacial score (nSPS) is 10.9. The average Bonchev–Trinajstić information content (AvgIpc) is 2.47. The Hall–Kier alpha value is -1.53. The van der Waals surface area contributed by atoms with Crippen molar-refractivity contribution in [3.63, 3.8) is 0 Å². The summed E-state index contributed by atoms with van der Waals surface area (Å²) >= 11 is 0. The minimum atomic E-state index is -6.00.